The van der Waals surface area contributed by atoms with Gasteiger partial charge >= 0.3 is 11.9 Å². The van der Waals surface area contributed by atoms with Crippen molar-refractivity contribution in [3.63, 3.8) is 0 Å². The van der Waals surface area contributed by atoms with E-state index in [-0.39, 0.29) is 5.57 Å². The number of rotatable bonds is 5. The van der Waals surface area contributed by atoms with Crippen molar-refractivity contribution in [1.82, 2.24) is 0 Å². The summed E-state index contributed by atoms with van der Waals surface area (Å²) in [5, 5.41) is 11.0. The standard InChI is InChI=1S/C15H15NO7/c1-21-14(17)13(15(18)22-2)11(8-16(19)20)9-3-4-12-10(7-9)5-6-23-12/h3-4,7H,5-6,8H2,1-2H3. The fourth-order valence-corrected chi connectivity index (χ4v) is 2.35. The number of nitrogens with zero attached hydrogens (tertiary/aromatic N) is 1. The Morgan fingerprint density at radius 1 is 1.26 bits per heavy atom. The Kier molecular flexibility index (Phi) is 4.95. The fourth-order valence-electron chi connectivity index (χ4n) is 2.35. The van der Waals surface area contributed by atoms with Gasteiger partial charge in [0, 0.05) is 11.3 Å². The highest BCUT2D eigenvalue weighted by atomic mass is 16.6. The van der Waals surface area contributed by atoms with Crippen LogP contribution in [0.4, 0.5) is 0 Å². The van der Waals surface area contributed by atoms with Gasteiger partial charge in [-0.25, -0.2) is 9.59 Å². The van der Waals surface area contributed by atoms with Crippen LogP contribution >= 0.6 is 0 Å². The van der Waals surface area contributed by atoms with Crippen LogP contribution in [0, 0.1) is 10.1 Å². The Bertz CT molecular complexity index is 675. The van der Waals surface area contributed by atoms with Gasteiger partial charge in [0.25, 0.3) is 0 Å². The maximum atomic E-state index is 11.9. The van der Waals surface area contributed by atoms with E-state index in [2.05, 4.69) is 9.47 Å². The Labute approximate surface area is 131 Å². The predicted molar refractivity (Wildman–Crippen MR) is 78.5 cm³/mol. The molecule has 1 heterocycles. The number of hydrogen-bond acceptors (Lipinski definition) is 7. The van der Waals surface area contributed by atoms with E-state index in [1.807, 2.05) is 0 Å². The van der Waals surface area contributed by atoms with E-state index in [1.54, 1.807) is 18.2 Å². The Morgan fingerprint density at radius 2 is 1.91 bits per heavy atom. The molecular formula is C15H15NO7. The summed E-state index contributed by atoms with van der Waals surface area (Å²) >= 11 is 0. The van der Waals surface area contributed by atoms with Crippen molar-refractivity contribution < 1.29 is 28.7 Å². The second-order valence-corrected chi connectivity index (χ2v) is 4.75. The number of methoxy groups -OCH3 is 2. The van der Waals surface area contributed by atoms with Crippen molar-refractivity contribution >= 4 is 17.5 Å². The first-order chi connectivity index (χ1) is 11.0. The lowest BCUT2D eigenvalue weighted by atomic mass is 9.97. The average molecular weight is 321 g/mol. The van der Waals surface area contributed by atoms with Gasteiger partial charge in [-0.3, -0.25) is 10.1 Å². The normalized spacial score (nSPS) is 11.9. The van der Waals surface area contributed by atoms with Crippen molar-refractivity contribution in [2.45, 2.75) is 6.42 Å². The van der Waals surface area contributed by atoms with Gasteiger partial charge in [-0.15, -0.1) is 0 Å². The van der Waals surface area contributed by atoms with Gasteiger partial charge in [-0.05, 0) is 23.3 Å². The average Bonchev–Trinajstić information content (AvgIpc) is 3.00. The van der Waals surface area contributed by atoms with Gasteiger partial charge in [0.15, 0.2) is 5.57 Å². The summed E-state index contributed by atoms with van der Waals surface area (Å²) in [4.78, 5) is 34.2. The minimum atomic E-state index is -0.981. The lowest BCUT2D eigenvalue weighted by Crippen LogP contribution is -2.20. The van der Waals surface area contributed by atoms with Crippen molar-refractivity contribution in [3.05, 3.63) is 45.0 Å². The number of carbonyl (C=O) groups excluding carboxylic acids is 2. The van der Waals surface area contributed by atoms with Crippen LogP contribution < -0.4 is 4.74 Å². The molecule has 1 aromatic carbocycles. The molecule has 0 spiro atoms. The molecule has 8 heteroatoms. The van der Waals surface area contributed by atoms with Gasteiger partial charge in [0.2, 0.25) is 6.54 Å². The van der Waals surface area contributed by atoms with Crippen molar-refractivity contribution in [2.24, 2.45) is 0 Å². The van der Waals surface area contributed by atoms with Crippen LogP contribution in [0.2, 0.25) is 0 Å². The fraction of sp³-hybridized carbons (Fsp3) is 0.333. The zero-order valence-corrected chi connectivity index (χ0v) is 12.7. The van der Waals surface area contributed by atoms with Crippen LogP contribution in [0.3, 0.4) is 0 Å². The maximum Gasteiger partial charge on any atom is 0.345 e. The topological polar surface area (TPSA) is 105 Å². The number of fused-ring (bicyclic) bond motifs is 1. The molecule has 0 unspecified atom stereocenters. The maximum absolute atomic E-state index is 11.9. The van der Waals surface area contributed by atoms with Gasteiger partial charge < -0.3 is 14.2 Å². The SMILES string of the molecule is COC(=O)C(C(=O)OC)=C(C[N+](=O)[O-])c1ccc2c(c1)CCO2. The molecule has 0 aliphatic carbocycles. The smallest absolute Gasteiger partial charge is 0.345 e. The summed E-state index contributed by atoms with van der Waals surface area (Å²) in [7, 11) is 2.18. The number of benzene rings is 1. The van der Waals surface area contributed by atoms with E-state index >= 15 is 0 Å². The van der Waals surface area contributed by atoms with E-state index in [1.165, 1.54) is 0 Å². The number of nitro groups is 1. The second kappa shape index (κ2) is 6.91. The van der Waals surface area contributed by atoms with Crippen molar-refractivity contribution in [2.75, 3.05) is 27.4 Å². The first-order valence-corrected chi connectivity index (χ1v) is 6.75. The summed E-state index contributed by atoms with van der Waals surface area (Å²) in [5.41, 5.74) is 0.711. The molecule has 23 heavy (non-hydrogen) atoms. The third kappa shape index (κ3) is 3.47. The van der Waals surface area contributed by atoms with Crippen LogP contribution in [-0.2, 0) is 25.5 Å². The van der Waals surface area contributed by atoms with Gasteiger partial charge in [-0.2, -0.15) is 0 Å². The highest BCUT2D eigenvalue weighted by Crippen LogP contribution is 2.30. The zero-order valence-electron chi connectivity index (χ0n) is 12.7. The van der Waals surface area contributed by atoms with Crippen molar-refractivity contribution in [3.8, 4) is 5.75 Å². The minimum Gasteiger partial charge on any atom is -0.493 e. The molecule has 122 valence electrons. The molecule has 0 aromatic heterocycles. The molecule has 0 saturated carbocycles. The Hall–Kier alpha value is -2.90. The van der Waals surface area contributed by atoms with Crippen LogP contribution in [0.25, 0.3) is 5.57 Å². The molecule has 0 bridgehead atoms. The first kappa shape index (κ1) is 16.5. The summed E-state index contributed by atoms with van der Waals surface area (Å²) in [5.74, 6) is -1.28. The van der Waals surface area contributed by atoms with Crippen molar-refractivity contribution in [1.29, 1.82) is 0 Å². The summed E-state index contributed by atoms with van der Waals surface area (Å²) < 4.78 is 14.5. The number of esters is 2. The van der Waals surface area contributed by atoms with Crippen LogP contribution in [0.15, 0.2) is 23.8 Å². The van der Waals surface area contributed by atoms with E-state index in [4.69, 9.17) is 4.74 Å². The molecular weight excluding hydrogens is 306 g/mol. The van der Waals surface area contributed by atoms with E-state index < -0.39 is 29.0 Å². The highest BCUT2D eigenvalue weighted by Gasteiger charge is 2.29. The Morgan fingerprint density at radius 3 is 2.48 bits per heavy atom. The molecule has 1 aromatic rings. The largest absolute Gasteiger partial charge is 0.493 e. The third-order valence-electron chi connectivity index (χ3n) is 3.41. The lowest BCUT2D eigenvalue weighted by molar-refractivity contribution is -0.465. The van der Waals surface area contributed by atoms with Crippen LogP contribution in [0.5, 0.6) is 5.75 Å². The summed E-state index contributed by atoms with van der Waals surface area (Å²) in [6.07, 6.45) is 0.653. The minimum absolute atomic E-state index is 0.0524. The highest BCUT2D eigenvalue weighted by molar-refractivity contribution is 6.20. The first-order valence-electron chi connectivity index (χ1n) is 6.75. The van der Waals surface area contributed by atoms with Gasteiger partial charge in [0.05, 0.1) is 26.4 Å². The lowest BCUT2D eigenvalue weighted by Gasteiger charge is -2.11. The van der Waals surface area contributed by atoms with E-state index in [0.29, 0.717) is 24.3 Å². The molecule has 8 nitrogen and oxygen atoms in total. The number of ether oxygens (including phenoxy) is 3. The quantitative estimate of drug-likeness (QED) is 0.199. The van der Waals surface area contributed by atoms with Crippen LogP contribution in [0.1, 0.15) is 11.1 Å². The number of carbonyl (C=O) groups is 2. The number of hydrogen-bond donors (Lipinski definition) is 0. The summed E-state index contributed by atoms with van der Waals surface area (Å²) in [6.45, 7) is -0.187. The zero-order chi connectivity index (χ0) is 17.0. The predicted octanol–water partition coefficient (Wildman–Crippen LogP) is 0.998. The monoisotopic (exact) mass is 321 g/mol. The summed E-state index contributed by atoms with van der Waals surface area (Å²) in [6, 6.07) is 4.89. The third-order valence-corrected chi connectivity index (χ3v) is 3.41. The molecule has 2 rings (SSSR count). The molecule has 0 amide bonds. The van der Waals surface area contributed by atoms with Gasteiger partial charge in [-0.1, -0.05) is 6.07 Å². The Balaban J connectivity index is 2.62. The molecule has 0 radical (unpaired) electrons. The molecule has 1 aliphatic rings. The van der Waals surface area contributed by atoms with E-state index in [0.717, 1.165) is 19.8 Å². The van der Waals surface area contributed by atoms with Crippen LogP contribution in [-0.4, -0.2) is 44.2 Å². The molecule has 0 N–H and O–H groups in total. The molecule has 0 saturated heterocycles. The molecule has 0 fully saturated rings. The van der Waals surface area contributed by atoms with Gasteiger partial charge in [0.1, 0.15) is 5.75 Å². The van der Waals surface area contributed by atoms with E-state index in [9.17, 15) is 19.7 Å². The second-order valence-electron chi connectivity index (χ2n) is 4.75. The molecule has 0 atom stereocenters. The molecule has 1 aliphatic heterocycles.